The van der Waals surface area contributed by atoms with Gasteiger partial charge in [0.25, 0.3) is 0 Å². The Kier molecular flexibility index (Phi) is 6.54. The standard InChI is InChI=1S/C18H28O2S2/c1-4-6-8-13-10-15-14(11-18(3,12-19)22-15)17(16(13)20)21-9-7-5-2/h10,19-20H,4-9,11-12H2,1-3H3. The zero-order valence-corrected chi connectivity index (χ0v) is 15.6. The number of benzene rings is 1. The maximum atomic E-state index is 10.7. The fraction of sp³-hybridized carbons (Fsp3) is 0.667. The lowest BCUT2D eigenvalue weighted by Gasteiger charge is -2.18. The second-order valence-electron chi connectivity index (χ2n) is 6.38. The Morgan fingerprint density at radius 3 is 2.64 bits per heavy atom. The normalized spacial score (nSPS) is 20.4. The Hall–Kier alpha value is -0.320. The molecule has 124 valence electrons. The van der Waals surface area contributed by atoms with E-state index in [9.17, 15) is 10.2 Å². The van der Waals surface area contributed by atoms with Crippen molar-refractivity contribution in [3.63, 3.8) is 0 Å². The molecule has 0 bridgehead atoms. The first-order chi connectivity index (χ1) is 10.5. The van der Waals surface area contributed by atoms with Crippen LogP contribution in [0.2, 0.25) is 0 Å². The van der Waals surface area contributed by atoms with Crippen LogP contribution in [0.1, 0.15) is 57.6 Å². The molecule has 2 N–H and O–H groups in total. The predicted molar refractivity (Wildman–Crippen MR) is 97.4 cm³/mol. The van der Waals surface area contributed by atoms with Crippen LogP contribution in [0.4, 0.5) is 0 Å². The molecule has 1 aromatic carbocycles. The first-order valence-electron chi connectivity index (χ1n) is 8.35. The predicted octanol–water partition coefficient (Wildman–Crippen LogP) is 5.03. The van der Waals surface area contributed by atoms with E-state index in [-0.39, 0.29) is 11.4 Å². The van der Waals surface area contributed by atoms with Crippen LogP contribution < -0.4 is 0 Å². The molecule has 2 nitrogen and oxygen atoms in total. The summed E-state index contributed by atoms with van der Waals surface area (Å²) < 4.78 is -0.141. The van der Waals surface area contributed by atoms with Gasteiger partial charge in [-0.25, -0.2) is 0 Å². The maximum Gasteiger partial charge on any atom is 0.132 e. The largest absolute Gasteiger partial charge is 0.506 e. The number of phenolic OH excluding ortho intramolecular Hbond substituents is 1. The molecule has 2 rings (SSSR count). The van der Waals surface area contributed by atoms with E-state index in [0.717, 1.165) is 41.9 Å². The van der Waals surface area contributed by atoms with Gasteiger partial charge in [-0.3, -0.25) is 0 Å². The summed E-state index contributed by atoms with van der Waals surface area (Å²) in [6.45, 7) is 6.66. The molecule has 1 aromatic rings. The summed E-state index contributed by atoms with van der Waals surface area (Å²) in [6, 6.07) is 2.16. The van der Waals surface area contributed by atoms with Crippen molar-refractivity contribution >= 4 is 23.5 Å². The number of hydrogen-bond donors (Lipinski definition) is 2. The van der Waals surface area contributed by atoms with Crippen molar-refractivity contribution in [2.45, 2.75) is 73.8 Å². The Morgan fingerprint density at radius 1 is 1.27 bits per heavy atom. The van der Waals surface area contributed by atoms with Crippen molar-refractivity contribution in [1.29, 1.82) is 0 Å². The summed E-state index contributed by atoms with van der Waals surface area (Å²) in [5.41, 5.74) is 2.33. The van der Waals surface area contributed by atoms with Crippen molar-refractivity contribution in [2.75, 3.05) is 12.4 Å². The van der Waals surface area contributed by atoms with Crippen molar-refractivity contribution in [2.24, 2.45) is 0 Å². The van der Waals surface area contributed by atoms with Crippen LogP contribution in [-0.2, 0) is 12.8 Å². The minimum atomic E-state index is -0.141. The molecule has 1 aliphatic rings. The van der Waals surface area contributed by atoms with Crippen molar-refractivity contribution in [3.05, 3.63) is 17.2 Å². The summed E-state index contributed by atoms with van der Waals surface area (Å²) in [7, 11) is 0. The van der Waals surface area contributed by atoms with Crippen molar-refractivity contribution < 1.29 is 10.2 Å². The number of aliphatic hydroxyl groups is 1. The molecule has 1 unspecified atom stereocenters. The third-order valence-electron chi connectivity index (χ3n) is 4.18. The maximum absolute atomic E-state index is 10.7. The van der Waals surface area contributed by atoms with Crippen LogP contribution in [-0.4, -0.2) is 27.3 Å². The van der Waals surface area contributed by atoms with E-state index in [1.807, 2.05) is 0 Å². The summed E-state index contributed by atoms with van der Waals surface area (Å²) in [5, 5.41) is 20.4. The lowest BCUT2D eigenvalue weighted by molar-refractivity contribution is 0.257. The first-order valence-corrected chi connectivity index (χ1v) is 10.1. The molecule has 1 aliphatic heterocycles. The van der Waals surface area contributed by atoms with E-state index in [1.165, 1.54) is 23.3 Å². The van der Waals surface area contributed by atoms with Crippen LogP contribution in [0.15, 0.2) is 15.9 Å². The van der Waals surface area contributed by atoms with Crippen molar-refractivity contribution in [3.8, 4) is 5.75 Å². The van der Waals surface area contributed by atoms with Gasteiger partial charge in [0.1, 0.15) is 5.75 Å². The molecule has 22 heavy (non-hydrogen) atoms. The monoisotopic (exact) mass is 340 g/mol. The third kappa shape index (κ3) is 3.95. The number of aromatic hydroxyl groups is 1. The van der Waals surface area contributed by atoms with Gasteiger partial charge in [0, 0.05) is 9.64 Å². The van der Waals surface area contributed by atoms with Gasteiger partial charge in [0.2, 0.25) is 0 Å². The molecule has 0 radical (unpaired) electrons. The number of thioether (sulfide) groups is 2. The van der Waals surface area contributed by atoms with Gasteiger partial charge in [-0.05, 0) is 55.6 Å². The summed E-state index contributed by atoms with van der Waals surface area (Å²) in [6.07, 6.45) is 6.37. The van der Waals surface area contributed by atoms with E-state index in [2.05, 4.69) is 26.8 Å². The van der Waals surface area contributed by atoms with Crippen LogP contribution in [0, 0.1) is 0 Å². The number of unbranched alkanes of at least 4 members (excludes halogenated alkanes) is 2. The Bertz CT molecular complexity index is 516. The highest BCUT2D eigenvalue weighted by Crippen LogP contribution is 2.51. The number of rotatable bonds is 8. The summed E-state index contributed by atoms with van der Waals surface area (Å²) in [5.74, 6) is 1.55. The van der Waals surface area contributed by atoms with E-state index >= 15 is 0 Å². The average molecular weight is 341 g/mol. The smallest absolute Gasteiger partial charge is 0.132 e. The second kappa shape index (κ2) is 7.98. The molecule has 0 spiro atoms. The fourth-order valence-electron chi connectivity index (χ4n) is 2.77. The molecule has 4 heteroatoms. The van der Waals surface area contributed by atoms with Gasteiger partial charge in [-0.1, -0.05) is 26.7 Å². The highest BCUT2D eigenvalue weighted by Gasteiger charge is 2.36. The molecule has 1 heterocycles. The molecule has 0 fully saturated rings. The second-order valence-corrected chi connectivity index (χ2v) is 9.12. The quantitative estimate of drug-likeness (QED) is 0.514. The first kappa shape index (κ1) is 18.0. The molecular formula is C18H28O2S2. The summed E-state index contributed by atoms with van der Waals surface area (Å²) >= 11 is 3.56. The highest BCUT2D eigenvalue weighted by atomic mass is 32.2. The summed E-state index contributed by atoms with van der Waals surface area (Å²) in [4.78, 5) is 2.33. The molecule has 1 atom stereocenters. The fourth-order valence-corrected chi connectivity index (χ4v) is 5.40. The molecule has 0 amide bonds. The van der Waals surface area contributed by atoms with E-state index in [0.29, 0.717) is 5.75 Å². The van der Waals surface area contributed by atoms with Gasteiger partial charge >= 0.3 is 0 Å². The Balaban J connectivity index is 2.34. The third-order valence-corrected chi connectivity index (χ3v) is 6.75. The van der Waals surface area contributed by atoms with Crippen LogP contribution in [0.25, 0.3) is 0 Å². The number of hydrogen-bond acceptors (Lipinski definition) is 4. The Morgan fingerprint density at radius 2 is 2.00 bits per heavy atom. The van der Waals surface area contributed by atoms with Gasteiger partial charge in [-0.2, -0.15) is 0 Å². The number of aryl methyl sites for hydroxylation is 1. The van der Waals surface area contributed by atoms with Gasteiger partial charge in [0.15, 0.2) is 0 Å². The van der Waals surface area contributed by atoms with E-state index in [4.69, 9.17) is 0 Å². The number of phenols is 1. The van der Waals surface area contributed by atoms with Gasteiger partial charge < -0.3 is 10.2 Å². The van der Waals surface area contributed by atoms with E-state index in [1.54, 1.807) is 23.5 Å². The highest BCUT2D eigenvalue weighted by molar-refractivity contribution is 8.01. The lowest BCUT2D eigenvalue weighted by atomic mass is 9.98. The SMILES string of the molecule is CCCCSc1c(O)c(CCCC)cc2c1CC(C)(CO)S2. The van der Waals surface area contributed by atoms with E-state index < -0.39 is 0 Å². The van der Waals surface area contributed by atoms with Crippen molar-refractivity contribution in [1.82, 2.24) is 0 Å². The Labute approximate surface area is 143 Å². The van der Waals surface area contributed by atoms with Gasteiger partial charge in [-0.15, -0.1) is 23.5 Å². The number of aliphatic hydroxyl groups excluding tert-OH is 1. The topological polar surface area (TPSA) is 40.5 Å². The minimum absolute atomic E-state index is 0.141. The molecule has 0 aromatic heterocycles. The molecule has 0 aliphatic carbocycles. The van der Waals surface area contributed by atoms with Crippen LogP contribution in [0.5, 0.6) is 5.75 Å². The van der Waals surface area contributed by atoms with Crippen LogP contribution in [0.3, 0.4) is 0 Å². The molecular weight excluding hydrogens is 312 g/mol. The molecule has 0 saturated carbocycles. The average Bonchev–Trinajstić information content (AvgIpc) is 2.85. The number of fused-ring (bicyclic) bond motifs is 1. The van der Waals surface area contributed by atoms with Crippen LogP contribution >= 0.6 is 23.5 Å². The lowest BCUT2D eigenvalue weighted by Crippen LogP contribution is -2.23. The zero-order valence-electron chi connectivity index (χ0n) is 13.9. The molecule has 0 saturated heterocycles. The van der Waals surface area contributed by atoms with Gasteiger partial charge in [0.05, 0.1) is 11.5 Å². The zero-order chi connectivity index (χ0) is 16.2. The minimum Gasteiger partial charge on any atom is -0.506 e.